The van der Waals surface area contributed by atoms with Crippen LogP contribution < -0.4 is 15.9 Å². The van der Waals surface area contributed by atoms with Crippen molar-refractivity contribution in [2.24, 2.45) is 10.8 Å². The van der Waals surface area contributed by atoms with Gasteiger partial charge in [0.25, 0.3) is 0 Å². The fourth-order valence-corrected chi connectivity index (χ4v) is 1.59. The molecule has 1 aromatic carbocycles. The van der Waals surface area contributed by atoms with Gasteiger partial charge in [-0.1, -0.05) is 18.2 Å². The van der Waals surface area contributed by atoms with Gasteiger partial charge in [-0.25, -0.2) is 0 Å². The van der Waals surface area contributed by atoms with Gasteiger partial charge in [-0.3, -0.25) is 5.43 Å². The molecule has 5 nitrogen and oxygen atoms in total. The Morgan fingerprint density at radius 3 is 2.50 bits per heavy atom. The summed E-state index contributed by atoms with van der Waals surface area (Å²) in [5.74, 6) is 0.837. The van der Waals surface area contributed by atoms with Crippen LogP contribution in [0.4, 0.5) is 0 Å². The first kappa shape index (κ1) is 20.4. The van der Waals surface area contributed by atoms with Crippen LogP contribution in [0.3, 0.4) is 0 Å². The van der Waals surface area contributed by atoms with Crippen LogP contribution in [0, 0.1) is 0 Å². The number of hydrazone groups is 1. The molecule has 0 unspecified atom stereocenters. The van der Waals surface area contributed by atoms with E-state index in [1.807, 2.05) is 50.5 Å². The first-order valence-corrected chi connectivity index (χ1v) is 7.01. The number of ether oxygens (including phenoxy) is 1. The Bertz CT molecular complexity index is 515. The standard InChI is InChI=1S/C15H22N4OS.ClH/c1-19(2)11-10-13(17-18-15(16)21)7-4-12-5-8-14(20-3)9-6-12;/h4-9H,10-11H2,1-3H3,(H3,16,18,21);1H/b7-4?,17-13-;. The molecule has 0 aliphatic carbocycles. The third-order valence-corrected chi connectivity index (χ3v) is 2.80. The van der Waals surface area contributed by atoms with Crippen molar-refractivity contribution in [3.05, 3.63) is 35.9 Å². The average molecular weight is 343 g/mol. The number of thiocarbonyl (C=S) groups is 1. The Kier molecular flexibility index (Phi) is 10.2. The van der Waals surface area contributed by atoms with Crippen molar-refractivity contribution in [1.82, 2.24) is 10.3 Å². The molecule has 0 bridgehead atoms. The zero-order chi connectivity index (χ0) is 15.7. The fourth-order valence-electron chi connectivity index (χ4n) is 1.55. The number of halogens is 1. The zero-order valence-electron chi connectivity index (χ0n) is 13.1. The van der Waals surface area contributed by atoms with Crippen LogP contribution in [0.1, 0.15) is 12.0 Å². The van der Waals surface area contributed by atoms with Crippen LogP contribution in [0.15, 0.2) is 35.4 Å². The molecule has 0 aliphatic heterocycles. The van der Waals surface area contributed by atoms with Gasteiger partial charge in [0.1, 0.15) is 5.75 Å². The van der Waals surface area contributed by atoms with Gasteiger partial charge in [0, 0.05) is 13.0 Å². The van der Waals surface area contributed by atoms with Crippen LogP contribution in [0.2, 0.25) is 0 Å². The molecule has 0 saturated heterocycles. The SMILES string of the molecule is COc1ccc(C=C/C(CCN(C)C)=N/NC(N)=S)cc1.Cl. The Balaban J connectivity index is 0.00000441. The minimum atomic E-state index is 0. The average Bonchev–Trinajstić information content (AvgIpc) is 2.46. The predicted octanol–water partition coefficient (Wildman–Crippen LogP) is 2.27. The molecule has 1 aromatic rings. The van der Waals surface area contributed by atoms with Gasteiger partial charge in [-0.05, 0) is 50.1 Å². The Hall–Kier alpha value is -1.63. The number of nitrogens with two attached hydrogens (primary N) is 1. The van der Waals surface area contributed by atoms with Crippen LogP contribution in [-0.2, 0) is 0 Å². The van der Waals surface area contributed by atoms with Crippen LogP contribution in [-0.4, -0.2) is 43.5 Å². The highest BCUT2D eigenvalue weighted by atomic mass is 35.5. The lowest BCUT2D eigenvalue weighted by atomic mass is 10.1. The topological polar surface area (TPSA) is 62.9 Å². The van der Waals surface area contributed by atoms with Gasteiger partial charge in [0.15, 0.2) is 5.11 Å². The minimum Gasteiger partial charge on any atom is -0.497 e. The quantitative estimate of drug-likeness (QED) is 0.452. The summed E-state index contributed by atoms with van der Waals surface area (Å²) in [5.41, 5.74) is 9.99. The second-order valence-electron chi connectivity index (χ2n) is 4.74. The first-order valence-electron chi connectivity index (χ1n) is 6.60. The van der Waals surface area contributed by atoms with E-state index in [0.717, 1.165) is 30.0 Å². The summed E-state index contributed by atoms with van der Waals surface area (Å²) in [4.78, 5) is 2.09. The summed E-state index contributed by atoms with van der Waals surface area (Å²) in [6.45, 7) is 0.894. The molecule has 0 saturated carbocycles. The van der Waals surface area contributed by atoms with Crippen LogP contribution in [0.25, 0.3) is 6.08 Å². The lowest BCUT2D eigenvalue weighted by Gasteiger charge is -2.09. The van der Waals surface area contributed by atoms with Gasteiger partial charge in [-0.15, -0.1) is 12.4 Å². The maximum atomic E-state index is 5.40. The van der Waals surface area contributed by atoms with E-state index in [4.69, 9.17) is 22.7 Å². The molecule has 7 heteroatoms. The van der Waals surface area contributed by atoms with E-state index in [0.29, 0.717) is 0 Å². The summed E-state index contributed by atoms with van der Waals surface area (Å²) in [5, 5.41) is 4.37. The van der Waals surface area contributed by atoms with Crippen molar-refractivity contribution < 1.29 is 4.74 Å². The monoisotopic (exact) mass is 342 g/mol. The normalized spacial score (nSPS) is 11.4. The molecule has 1 rings (SSSR count). The lowest BCUT2D eigenvalue weighted by Crippen LogP contribution is -2.26. The molecule has 3 N–H and O–H groups in total. The summed E-state index contributed by atoms with van der Waals surface area (Å²) >= 11 is 4.77. The van der Waals surface area contributed by atoms with E-state index in [1.54, 1.807) is 7.11 Å². The van der Waals surface area contributed by atoms with Crippen LogP contribution in [0.5, 0.6) is 5.75 Å². The molecule has 0 amide bonds. The third kappa shape index (κ3) is 8.61. The van der Waals surface area contributed by atoms with Gasteiger partial charge in [-0.2, -0.15) is 5.10 Å². The van der Waals surface area contributed by atoms with Crippen LogP contribution >= 0.6 is 24.6 Å². The number of benzene rings is 1. The molecule has 0 aromatic heterocycles. The molecular formula is C15H23ClN4OS. The number of hydrogen-bond acceptors (Lipinski definition) is 4. The van der Waals surface area contributed by atoms with Gasteiger partial charge in [0.2, 0.25) is 0 Å². The number of rotatable bonds is 7. The highest BCUT2D eigenvalue weighted by Crippen LogP contribution is 2.12. The Morgan fingerprint density at radius 1 is 1.36 bits per heavy atom. The van der Waals surface area contributed by atoms with Crippen molar-refractivity contribution in [3.63, 3.8) is 0 Å². The maximum Gasteiger partial charge on any atom is 0.184 e. The van der Waals surface area contributed by atoms with E-state index in [1.165, 1.54) is 0 Å². The lowest BCUT2D eigenvalue weighted by molar-refractivity contribution is 0.415. The summed E-state index contributed by atoms with van der Waals surface area (Å²) in [7, 11) is 5.69. The first-order chi connectivity index (χ1) is 10.0. The molecule has 0 atom stereocenters. The second-order valence-corrected chi connectivity index (χ2v) is 5.18. The fraction of sp³-hybridized carbons (Fsp3) is 0.333. The molecule has 0 fully saturated rings. The molecule has 122 valence electrons. The molecule has 22 heavy (non-hydrogen) atoms. The predicted molar refractivity (Wildman–Crippen MR) is 99.8 cm³/mol. The summed E-state index contributed by atoms with van der Waals surface area (Å²) in [6, 6.07) is 7.81. The number of nitrogens with zero attached hydrogens (tertiary/aromatic N) is 2. The summed E-state index contributed by atoms with van der Waals surface area (Å²) < 4.78 is 5.13. The van der Waals surface area contributed by atoms with E-state index in [9.17, 15) is 0 Å². The van der Waals surface area contributed by atoms with Gasteiger partial charge in [0.05, 0.1) is 12.8 Å². The molecular weight excluding hydrogens is 320 g/mol. The smallest absolute Gasteiger partial charge is 0.184 e. The van der Waals surface area contributed by atoms with E-state index >= 15 is 0 Å². The van der Waals surface area contributed by atoms with Crippen molar-refractivity contribution in [2.75, 3.05) is 27.7 Å². The second kappa shape index (κ2) is 11.0. The Labute approximate surface area is 143 Å². The van der Waals surface area contributed by atoms with Crippen molar-refractivity contribution in [1.29, 1.82) is 0 Å². The minimum absolute atomic E-state index is 0. The van der Waals surface area contributed by atoms with Gasteiger partial charge >= 0.3 is 0 Å². The molecule has 0 spiro atoms. The van der Waals surface area contributed by atoms with Crippen molar-refractivity contribution >= 4 is 41.5 Å². The summed E-state index contributed by atoms with van der Waals surface area (Å²) in [6.07, 6.45) is 4.75. The van der Waals surface area contributed by atoms with Gasteiger partial charge < -0.3 is 15.4 Å². The van der Waals surface area contributed by atoms with Crippen molar-refractivity contribution in [3.8, 4) is 5.75 Å². The number of nitrogens with one attached hydrogen (secondary N) is 1. The molecule has 0 aliphatic rings. The number of allylic oxidation sites excluding steroid dienone is 1. The largest absolute Gasteiger partial charge is 0.497 e. The highest BCUT2D eigenvalue weighted by molar-refractivity contribution is 7.80. The van der Waals surface area contributed by atoms with Crippen molar-refractivity contribution in [2.45, 2.75) is 6.42 Å². The number of methoxy groups -OCH3 is 1. The zero-order valence-corrected chi connectivity index (χ0v) is 14.7. The van der Waals surface area contributed by atoms with E-state index in [2.05, 4.69) is 15.4 Å². The maximum absolute atomic E-state index is 5.40. The molecule has 0 heterocycles. The van der Waals surface area contributed by atoms with E-state index < -0.39 is 0 Å². The van der Waals surface area contributed by atoms with E-state index in [-0.39, 0.29) is 17.5 Å². The Morgan fingerprint density at radius 2 is 2.00 bits per heavy atom. The highest BCUT2D eigenvalue weighted by Gasteiger charge is 1.98. The number of hydrogen-bond donors (Lipinski definition) is 2. The molecule has 0 radical (unpaired) electrons. The third-order valence-electron chi connectivity index (χ3n) is 2.71.